The van der Waals surface area contributed by atoms with Crippen LogP contribution in [0.1, 0.15) is 27.2 Å². The van der Waals surface area contributed by atoms with Gasteiger partial charge in [-0.3, -0.25) is 9.59 Å². The summed E-state index contributed by atoms with van der Waals surface area (Å²) in [6.07, 6.45) is -0.326. The fourth-order valence-corrected chi connectivity index (χ4v) is 0.568. The van der Waals surface area contributed by atoms with Gasteiger partial charge in [0.2, 0.25) is 0 Å². The molecule has 4 nitrogen and oxygen atoms in total. The zero-order valence-electron chi connectivity index (χ0n) is 8.42. The zero-order chi connectivity index (χ0) is 9.78. The summed E-state index contributed by atoms with van der Waals surface area (Å²) in [5.41, 5.74) is -0.550. The largest absolute Gasteiger partial charge is 0.469 e. The Morgan fingerprint density at radius 3 is 1.92 bits per heavy atom. The van der Waals surface area contributed by atoms with Crippen molar-refractivity contribution in [2.75, 3.05) is 7.11 Å². The molecule has 0 saturated carbocycles. The first kappa shape index (κ1) is 15.3. The number of esters is 2. The van der Waals surface area contributed by atoms with Crippen LogP contribution >= 0.6 is 0 Å². The minimum absolute atomic E-state index is 0. The van der Waals surface area contributed by atoms with Gasteiger partial charge in [0, 0.05) is 27.3 Å². The van der Waals surface area contributed by atoms with Gasteiger partial charge in [0.1, 0.15) is 12.0 Å². The summed E-state index contributed by atoms with van der Waals surface area (Å²) in [5.74, 6) is -1.14. The number of methoxy groups -OCH3 is 1. The van der Waals surface area contributed by atoms with Crippen LogP contribution in [0, 0.1) is 0 Å². The molecule has 0 aromatic carbocycles. The third-order valence-electron chi connectivity index (χ3n) is 0.936. The smallest absolute Gasteiger partial charge is 0.317 e. The molecule has 0 aromatic heterocycles. The molecule has 0 aliphatic rings. The van der Waals surface area contributed by atoms with E-state index in [0.717, 1.165) is 0 Å². The number of carbonyl (C=O) groups excluding carboxylic acids is 2. The van der Waals surface area contributed by atoms with Gasteiger partial charge in [-0.25, -0.2) is 0 Å². The van der Waals surface area contributed by atoms with E-state index in [1.54, 1.807) is 20.8 Å². The molecule has 0 aromatic rings. The topological polar surface area (TPSA) is 52.6 Å². The molecule has 1 radical (unpaired) electrons. The minimum Gasteiger partial charge on any atom is -0.469 e. The third kappa shape index (κ3) is 9.78. The van der Waals surface area contributed by atoms with E-state index in [4.69, 9.17) is 4.74 Å². The first-order valence-corrected chi connectivity index (χ1v) is 3.64. The van der Waals surface area contributed by atoms with E-state index in [-0.39, 0.29) is 33.7 Å². The monoisotopic (exact) mass is 379 g/mol. The Balaban J connectivity index is 0. The van der Waals surface area contributed by atoms with E-state index < -0.39 is 17.5 Å². The molecule has 5 heteroatoms. The Hall–Kier alpha value is -0.138. The number of hydrogen-bond donors (Lipinski definition) is 0. The predicted octanol–water partition coefficient (Wildman–Crippen LogP) is 0.510. The summed E-state index contributed by atoms with van der Waals surface area (Å²) in [5, 5.41) is 0. The maximum Gasteiger partial charge on any atom is 0.317 e. The molecule has 0 heterocycles. The third-order valence-corrected chi connectivity index (χ3v) is 0.936. The SMILES string of the molecule is COC(=O)CC(=O)OC(C)(C)C.[Tl]. The van der Waals surface area contributed by atoms with Crippen molar-refractivity contribution in [1.29, 1.82) is 0 Å². The van der Waals surface area contributed by atoms with E-state index >= 15 is 0 Å². The standard InChI is InChI=1S/C8H14O4.Tl/c1-8(2,3)12-7(10)5-6(9)11-4;/h5H2,1-4H3;. The minimum atomic E-state index is -0.579. The normalized spacial score (nSPS) is 9.85. The van der Waals surface area contributed by atoms with Gasteiger partial charge in [-0.05, 0) is 20.8 Å². The molecule has 0 bridgehead atoms. The number of carbonyl (C=O) groups is 2. The van der Waals surface area contributed by atoms with Crippen molar-refractivity contribution in [1.82, 2.24) is 0 Å². The quantitative estimate of drug-likeness (QED) is 0.399. The van der Waals surface area contributed by atoms with Crippen LogP contribution in [-0.2, 0) is 19.1 Å². The van der Waals surface area contributed by atoms with Crippen molar-refractivity contribution in [3.63, 3.8) is 0 Å². The summed E-state index contributed by atoms with van der Waals surface area (Å²) in [6, 6.07) is 0. The van der Waals surface area contributed by atoms with E-state index in [1.807, 2.05) is 0 Å². The van der Waals surface area contributed by atoms with E-state index in [1.165, 1.54) is 7.11 Å². The molecule has 0 spiro atoms. The van der Waals surface area contributed by atoms with Gasteiger partial charge >= 0.3 is 11.9 Å². The average Bonchev–Trinajstić information content (AvgIpc) is 1.82. The molecule has 0 fully saturated rings. The summed E-state index contributed by atoms with van der Waals surface area (Å²) in [7, 11) is 1.23. The van der Waals surface area contributed by atoms with Crippen LogP contribution in [0.25, 0.3) is 0 Å². The molecule has 0 rings (SSSR count). The van der Waals surface area contributed by atoms with Gasteiger partial charge in [0.25, 0.3) is 0 Å². The second-order valence-corrected chi connectivity index (χ2v) is 3.34. The molecular formula is C8H14O4Tl. The fraction of sp³-hybridized carbons (Fsp3) is 0.750. The van der Waals surface area contributed by atoms with Gasteiger partial charge in [-0.2, -0.15) is 0 Å². The summed E-state index contributed by atoms with van der Waals surface area (Å²) in [6.45, 7) is 5.21. The first-order valence-electron chi connectivity index (χ1n) is 3.64. The average molecular weight is 379 g/mol. The van der Waals surface area contributed by atoms with Gasteiger partial charge in [0.15, 0.2) is 0 Å². The van der Waals surface area contributed by atoms with Crippen LogP contribution in [0.3, 0.4) is 0 Å². The van der Waals surface area contributed by atoms with Crippen LogP contribution in [0.2, 0.25) is 0 Å². The fourth-order valence-electron chi connectivity index (χ4n) is 0.568. The molecule has 0 amide bonds. The van der Waals surface area contributed by atoms with Crippen molar-refractivity contribution >= 4 is 39.2 Å². The van der Waals surface area contributed by atoms with Crippen LogP contribution < -0.4 is 0 Å². The summed E-state index contributed by atoms with van der Waals surface area (Å²) < 4.78 is 9.17. The Morgan fingerprint density at radius 2 is 1.62 bits per heavy atom. The van der Waals surface area contributed by atoms with Crippen LogP contribution in [-0.4, -0.2) is 51.9 Å². The van der Waals surface area contributed by atoms with Gasteiger partial charge in [-0.1, -0.05) is 0 Å². The number of hydrogen-bond acceptors (Lipinski definition) is 4. The molecule has 0 saturated heterocycles. The van der Waals surface area contributed by atoms with Crippen LogP contribution in [0.5, 0.6) is 0 Å². The second kappa shape index (κ2) is 6.34. The first-order chi connectivity index (χ1) is 5.35. The summed E-state index contributed by atoms with van der Waals surface area (Å²) >= 11 is 0. The Labute approximate surface area is 98.1 Å². The Bertz CT molecular complexity index is 183. The molecule has 73 valence electrons. The van der Waals surface area contributed by atoms with Crippen molar-refractivity contribution < 1.29 is 19.1 Å². The van der Waals surface area contributed by atoms with Crippen LogP contribution in [0.15, 0.2) is 0 Å². The van der Waals surface area contributed by atoms with Gasteiger partial charge < -0.3 is 9.47 Å². The van der Waals surface area contributed by atoms with Crippen LogP contribution in [0.4, 0.5) is 0 Å². The maximum atomic E-state index is 10.9. The van der Waals surface area contributed by atoms with Crippen molar-refractivity contribution in [2.45, 2.75) is 32.8 Å². The molecular weight excluding hydrogens is 364 g/mol. The Morgan fingerprint density at radius 1 is 1.15 bits per heavy atom. The number of ether oxygens (including phenoxy) is 2. The van der Waals surface area contributed by atoms with E-state index in [0.29, 0.717) is 0 Å². The summed E-state index contributed by atoms with van der Waals surface area (Å²) in [4.78, 5) is 21.5. The molecule has 13 heavy (non-hydrogen) atoms. The van der Waals surface area contributed by atoms with Gasteiger partial charge in [0.05, 0.1) is 7.11 Å². The van der Waals surface area contributed by atoms with Crippen molar-refractivity contribution in [2.24, 2.45) is 0 Å². The van der Waals surface area contributed by atoms with Crippen molar-refractivity contribution in [3.8, 4) is 0 Å². The molecule has 0 atom stereocenters. The molecule has 0 aliphatic carbocycles. The second-order valence-electron chi connectivity index (χ2n) is 3.34. The molecule has 0 unspecified atom stereocenters. The molecule has 0 aliphatic heterocycles. The zero-order valence-corrected chi connectivity index (χ0v) is 12.9. The maximum absolute atomic E-state index is 10.9. The van der Waals surface area contributed by atoms with Crippen molar-refractivity contribution in [3.05, 3.63) is 0 Å². The Kier molecular flexibility index (Phi) is 7.48. The van der Waals surface area contributed by atoms with E-state index in [2.05, 4.69) is 4.74 Å². The number of rotatable bonds is 2. The van der Waals surface area contributed by atoms with E-state index in [9.17, 15) is 9.59 Å². The predicted molar refractivity (Wildman–Crippen MR) is 48.2 cm³/mol. The molecule has 0 N–H and O–H groups in total. The van der Waals surface area contributed by atoms with Gasteiger partial charge in [-0.15, -0.1) is 0 Å².